The Labute approximate surface area is 155 Å². The molecular formula is C19H20N4O2S. The van der Waals surface area contributed by atoms with Crippen LogP contribution in [0.1, 0.15) is 41.0 Å². The van der Waals surface area contributed by atoms with Crippen molar-refractivity contribution in [1.82, 2.24) is 15.3 Å². The average molecular weight is 368 g/mol. The summed E-state index contributed by atoms with van der Waals surface area (Å²) in [6, 6.07) is 11.7. The third kappa shape index (κ3) is 3.35. The van der Waals surface area contributed by atoms with Gasteiger partial charge in [0.25, 0.3) is 0 Å². The number of hydrogen-bond donors (Lipinski definition) is 1. The number of aryl methyl sites for hydroxylation is 1. The molecule has 3 heterocycles. The summed E-state index contributed by atoms with van der Waals surface area (Å²) in [7, 11) is 0. The molecule has 1 N–H and O–H groups in total. The number of aromatic nitrogens is 2. The first-order chi connectivity index (χ1) is 12.7. The Balaban J connectivity index is 1.55. The molecule has 0 aliphatic carbocycles. The van der Waals surface area contributed by atoms with E-state index < -0.39 is 5.97 Å². The van der Waals surface area contributed by atoms with Gasteiger partial charge in [-0.3, -0.25) is 4.99 Å². The zero-order valence-corrected chi connectivity index (χ0v) is 15.4. The number of para-hydroxylation sites is 1. The molecule has 7 heteroatoms. The van der Waals surface area contributed by atoms with Crippen LogP contribution < -0.4 is 5.48 Å². The third-order valence-electron chi connectivity index (χ3n) is 4.38. The van der Waals surface area contributed by atoms with Gasteiger partial charge in [-0.15, -0.1) is 11.3 Å². The van der Waals surface area contributed by atoms with Gasteiger partial charge in [0.05, 0.1) is 11.4 Å². The van der Waals surface area contributed by atoms with Crippen LogP contribution in [0.25, 0.3) is 15.9 Å². The molecule has 1 aromatic carbocycles. The van der Waals surface area contributed by atoms with Gasteiger partial charge in [0.15, 0.2) is 0 Å². The van der Waals surface area contributed by atoms with E-state index in [1.165, 1.54) is 11.3 Å². The fourth-order valence-corrected chi connectivity index (χ4v) is 4.06. The van der Waals surface area contributed by atoms with Gasteiger partial charge in [-0.1, -0.05) is 24.6 Å². The first kappa shape index (κ1) is 16.8. The molecule has 0 amide bonds. The zero-order valence-electron chi connectivity index (χ0n) is 14.6. The summed E-state index contributed by atoms with van der Waals surface area (Å²) in [4.78, 5) is 23.6. The number of nitrogens with zero attached hydrogens (tertiary/aromatic N) is 3. The highest BCUT2D eigenvalue weighted by molar-refractivity contribution is 7.20. The Hall–Kier alpha value is -2.67. The van der Waals surface area contributed by atoms with Crippen LogP contribution in [-0.2, 0) is 4.84 Å². The van der Waals surface area contributed by atoms with Gasteiger partial charge in [0.1, 0.15) is 15.5 Å². The van der Waals surface area contributed by atoms with Crippen LogP contribution in [0.4, 0.5) is 0 Å². The van der Waals surface area contributed by atoms with E-state index in [4.69, 9.17) is 4.84 Å². The molecule has 0 bridgehead atoms. The highest BCUT2D eigenvalue weighted by Crippen LogP contribution is 2.30. The van der Waals surface area contributed by atoms with E-state index in [-0.39, 0.29) is 0 Å². The summed E-state index contributed by atoms with van der Waals surface area (Å²) in [5.41, 5.74) is 4.60. The van der Waals surface area contributed by atoms with Gasteiger partial charge >= 0.3 is 5.97 Å². The van der Waals surface area contributed by atoms with Gasteiger partial charge in [0.2, 0.25) is 0 Å². The van der Waals surface area contributed by atoms with E-state index in [1.54, 1.807) is 0 Å². The molecule has 4 rings (SSSR count). The van der Waals surface area contributed by atoms with Crippen LogP contribution in [-0.4, -0.2) is 28.1 Å². The Kier molecular flexibility index (Phi) is 4.71. The first-order valence-corrected chi connectivity index (χ1v) is 9.59. The van der Waals surface area contributed by atoms with Crippen LogP contribution in [0.15, 0.2) is 41.4 Å². The molecule has 26 heavy (non-hydrogen) atoms. The van der Waals surface area contributed by atoms with Crippen molar-refractivity contribution in [2.24, 2.45) is 4.99 Å². The fourth-order valence-electron chi connectivity index (χ4n) is 3.00. The smallest absolute Gasteiger partial charge is 0.336 e. The molecule has 1 aliphatic rings. The second-order valence-corrected chi connectivity index (χ2v) is 7.32. The summed E-state index contributed by atoms with van der Waals surface area (Å²) < 4.78 is 1.87. The molecule has 0 fully saturated rings. The number of amidine groups is 1. The topological polar surface area (TPSA) is 68.5 Å². The highest BCUT2D eigenvalue weighted by atomic mass is 32.1. The fraction of sp³-hybridized carbons (Fsp3) is 0.316. The number of thiophene rings is 1. The zero-order chi connectivity index (χ0) is 17.9. The minimum atomic E-state index is -0.392. The normalized spacial score (nSPS) is 14.7. The molecule has 134 valence electrons. The summed E-state index contributed by atoms with van der Waals surface area (Å²) in [6.45, 7) is 2.73. The van der Waals surface area contributed by atoms with Gasteiger partial charge in [-0.05, 0) is 38.0 Å². The second-order valence-electron chi connectivity index (χ2n) is 6.29. The van der Waals surface area contributed by atoms with E-state index in [0.29, 0.717) is 4.88 Å². The summed E-state index contributed by atoms with van der Waals surface area (Å²) in [5.74, 6) is 0.362. The van der Waals surface area contributed by atoms with Crippen molar-refractivity contribution < 1.29 is 9.63 Å². The van der Waals surface area contributed by atoms with Gasteiger partial charge < -0.3 is 4.84 Å². The van der Waals surface area contributed by atoms with Crippen molar-refractivity contribution in [2.75, 3.05) is 6.54 Å². The summed E-state index contributed by atoms with van der Waals surface area (Å²) in [5, 5.41) is 5.56. The van der Waals surface area contributed by atoms with Gasteiger partial charge in [-0.25, -0.2) is 15.0 Å². The number of hydrogen-bond acceptors (Lipinski definition) is 6. The van der Waals surface area contributed by atoms with E-state index in [1.807, 2.05) is 48.0 Å². The maximum Gasteiger partial charge on any atom is 0.372 e. The number of benzene rings is 1. The maximum atomic E-state index is 12.4. The van der Waals surface area contributed by atoms with E-state index in [9.17, 15) is 4.79 Å². The first-order valence-electron chi connectivity index (χ1n) is 8.77. The predicted molar refractivity (Wildman–Crippen MR) is 103 cm³/mol. The molecule has 0 saturated heterocycles. The molecule has 2 aromatic heterocycles. The number of aliphatic imine (C=N–C) groups is 1. The maximum absolute atomic E-state index is 12.4. The molecule has 0 atom stereocenters. The van der Waals surface area contributed by atoms with Crippen LogP contribution >= 0.6 is 11.3 Å². The summed E-state index contributed by atoms with van der Waals surface area (Å²) in [6.07, 6.45) is 4.14. The predicted octanol–water partition coefficient (Wildman–Crippen LogP) is 4.03. The number of carbonyl (C=O) groups excluding carboxylic acids is 1. The van der Waals surface area contributed by atoms with E-state index in [2.05, 4.69) is 15.6 Å². The standard InChI is InChI=1S/C19H20N4O2S/c1-13-15-12-16(19(24)25-22-17-10-6-3-7-11-20-17)26-18(15)23(21-13)14-8-4-2-5-9-14/h2,4-5,8-9,12H,3,6-7,10-11H2,1H3,(H,20,22). The Morgan fingerprint density at radius 3 is 2.92 bits per heavy atom. The molecular weight excluding hydrogens is 348 g/mol. The van der Waals surface area contributed by atoms with Crippen LogP contribution in [0.3, 0.4) is 0 Å². The lowest BCUT2D eigenvalue weighted by Gasteiger charge is -2.07. The number of hydroxylamine groups is 1. The van der Waals surface area contributed by atoms with Crippen molar-refractivity contribution in [1.29, 1.82) is 0 Å². The molecule has 1 aliphatic heterocycles. The molecule has 0 saturated carbocycles. The summed E-state index contributed by atoms with van der Waals surface area (Å²) >= 11 is 1.38. The molecule has 0 radical (unpaired) electrons. The van der Waals surface area contributed by atoms with Crippen LogP contribution in [0.5, 0.6) is 0 Å². The molecule has 3 aromatic rings. The van der Waals surface area contributed by atoms with Crippen LogP contribution in [0.2, 0.25) is 0 Å². The minimum Gasteiger partial charge on any atom is -0.336 e. The lowest BCUT2D eigenvalue weighted by atomic mass is 10.2. The minimum absolute atomic E-state index is 0.392. The van der Waals surface area contributed by atoms with Gasteiger partial charge in [-0.2, -0.15) is 5.10 Å². The number of nitrogens with one attached hydrogen (secondary N) is 1. The van der Waals surface area contributed by atoms with Crippen LogP contribution in [0, 0.1) is 6.92 Å². The molecule has 6 nitrogen and oxygen atoms in total. The van der Waals surface area contributed by atoms with Crippen molar-refractivity contribution in [3.63, 3.8) is 0 Å². The largest absolute Gasteiger partial charge is 0.372 e. The Morgan fingerprint density at radius 2 is 2.08 bits per heavy atom. The molecule has 0 spiro atoms. The lowest BCUT2D eigenvalue weighted by Crippen LogP contribution is -2.26. The Bertz CT molecular complexity index is 959. The van der Waals surface area contributed by atoms with E-state index in [0.717, 1.165) is 59.7 Å². The quantitative estimate of drug-likeness (QED) is 0.694. The SMILES string of the molecule is Cc1nn(-c2ccccc2)c2sc(C(=O)ONC3=NCCCCC3)cc12. The van der Waals surface area contributed by atoms with Crippen molar-refractivity contribution in [3.05, 3.63) is 47.0 Å². The number of fused-ring (bicyclic) bond motifs is 1. The van der Waals surface area contributed by atoms with E-state index >= 15 is 0 Å². The molecule has 0 unspecified atom stereocenters. The Morgan fingerprint density at radius 1 is 1.23 bits per heavy atom. The number of rotatable bonds is 2. The monoisotopic (exact) mass is 368 g/mol. The highest BCUT2D eigenvalue weighted by Gasteiger charge is 2.19. The second kappa shape index (κ2) is 7.29. The van der Waals surface area contributed by atoms with Crippen molar-refractivity contribution in [2.45, 2.75) is 32.6 Å². The van der Waals surface area contributed by atoms with Gasteiger partial charge in [0, 0.05) is 18.4 Å². The van der Waals surface area contributed by atoms with Crippen molar-refractivity contribution >= 4 is 33.4 Å². The lowest BCUT2D eigenvalue weighted by molar-refractivity contribution is 0.0388. The van der Waals surface area contributed by atoms with Crippen molar-refractivity contribution in [3.8, 4) is 5.69 Å². The third-order valence-corrected chi connectivity index (χ3v) is 5.47. The number of carbonyl (C=O) groups is 1. The average Bonchev–Trinajstić information content (AvgIpc) is 3.11.